The molecule has 2 nitrogen and oxygen atoms in total. The molecule has 1 aromatic heterocycles. The van der Waals surface area contributed by atoms with Crippen LogP contribution < -0.4 is 4.74 Å². The number of ether oxygens (including phenoxy) is 1. The predicted molar refractivity (Wildman–Crippen MR) is 88.3 cm³/mol. The molecule has 0 radical (unpaired) electrons. The number of allylic oxidation sites excluding steroid dienone is 1. The second-order valence-corrected chi connectivity index (χ2v) is 5.50. The van der Waals surface area contributed by atoms with Gasteiger partial charge in [0.05, 0.1) is 18.8 Å². The normalized spacial score (nSPS) is 11.3. The summed E-state index contributed by atoms with van der Waals surface area (Å²) in [5.41, 5.74) is 2.64. The van der Waals surface area contributed by atoms with Crippen molar-refractivity contribution in [1.82, 2.24) is 0 Å². The molecule has 0 unspecified atom stereocenters. The monoisotopic (exact) mass is 291 g/mol. The Bertz CT molecular complexity index is 838. The number of hydrogen-bond donors (Lipinski definition) is 0. The standard InChI is InChI=1S/C18H13NOS/c1-20-16-8-6-13(7-9-16)14(11-19)10-15-12-21-18-5-3-2-4-17(15)18/h2-10,12H,1H3/b14-10+. The number of nitriles is 1. The Hall–Kier alpha value is -2.57. The number of hydrogen-bond acceptors (Lipinski definition) is 3. The van der Waals surface area contributed by atoms with E-state index in [1.165, 1.54) is 10.1 Å². The second kappa shape index (κ2) is 5.82. The average molecular weight is 291 g/mol. The molecule has 0 saturated heterocycles. The molecule has 0 aliphatic rings. The van der Waals surface area contributed by atoms with Gasteiger partial charge in [-0.05, 0) is 58.3 Å². The van der Waals surface area contributed by atoms with E-state index in [4.69, 9.17) is 4.74 Å². The fourth-order valence-corrected chi connectivity index (χ4v) is 3.14. The molecule has 3 rings (SSSR count). The lowest BCUT2D eigenvalue weighted by Gasteiger charge is -2.02. The Morgan fingerprint density at radius 3 is 2.62 bits per heavy atom. The van der Waals surface area contributed by atoms with Crippen LogP contribution >= 0.6 is 11.3 Å². The van der Waals surface area contributed by atoms with Gasteiger partial charge < -0.3 is 4.74 Å². The zero-order valence-corrected chi connectivity index (χ0v) is 12.4. The molecule has 0 saturated carbocycles. The topological polar surface area (TPSA) is 33.0 Å². The van der Waals surface area contributed by atoms with Gasteiger partial charge in [-0.25, -0.2) is 0 Å². The van der Waals surface area contributed by atoms with Gasteiger partial charge in [0.2, 0.25) is 0 Å². The van der Waals surface area contributed by atoms with Crippen LogP contribution in [0, 0.1) is 11.3 Å². The first kappa shape index (κ1) is 13.4. The van der Waals surface area contributed by atoms with Crippen LogP contribution in [0.15, 0.2) is 53.9 Å². The molecule has 0 bridgehead atoms. The third kappa shape index (κ3) is 2.67. The lowest BCUT2D eigenvalue weighted by molar-refractivity contribution is 0.415. The molecule has 0 spiro atoms. The highest BCUT2D eigenvalue weighted by molar-refractivity contribution is 7.17. The van der Waals surface area contributed by atoms with E-state index in [9.17, 15) is 5.26 Å². The van der Waals surface area contributed by atoms with Crippen molar-refractivity contribution in [3.05, 3.63) is 65.0 Å². The molecule has 0 fully saturated rings. The molecule has 0 N–H and O–H groups in total. The van der Waals surface area contributed by atoms with Crippen molar-refractivity contribution >= 4 is 33.1 Å². The minimum absolute atomic E-state index is 0.654. The lowest BCUT2D eigenvalue weighted by atomic mass is 10.0. The van der Waals surface area contributed by atoms with Crippen LogP contribution in [0.3, 0.4) is 0 Å². The third-order valence-electron chi connectivity index (χ3n) is 3.33. The van der Waals surface area contributed by atoms with E-state index in [1.807, 2.05) is 42.5 Å². The highest BCUT2D eigenvalue weighted by atomic mass is 32.1. The van der Waals surface area contributed by atoms with Crippen LogP contribution in [0.1, 0.15) is 11.1 Å². The van der Waals surface area contributed by atoms with Gasteiger partial charge >= 0.3 is 0 Å². The molecule has 3 aromatic rings. The largest absolute Gasteiger partial charge is 0.497 e. The molecule has 2 aromatic carbocycles. The van der Waals surface area contributed by atoms with E-state index in [2.05, 4.69) is 23.6 Å². The summed E-state index contributed by atoms with van der Waals surface area (Å²) in [6.07, 6.45) is 1.95. The van der Waals surface area contributed by atoms with E-state index >= 15 is 0 Å². The summed E-state index contributed by atoms with van der Waals surface area (Å²) in [6.45, 7) is 0. The Morgan fingerprint density at radius 2 is 1.90 bits per heavy atom. The summed E-state index contributed by atoms with van der Waals surface area (Å²) in [5.74, 6) is 0.789. The van der Waals surface area contributed by atoms with E-state index < -0.39 is 0 Å². The van der Waals surface area contributed by atoms with Gasteiger partial charge in [-0.2, -0.15) is 5.26 Å². The quantitative estimate of drug-likeness (QED) is 0.638. The van der Waals surface area contributed by atoms with Crippen LogP contribution in [-0.4, -0.2) is 7.11 Å². The molecule has 1 heterocycles. The van der Waals surface area contributed by atoms with E-state index in [1.54, 1.807) is 18.4 Å². The zero-order chi connectivity index (χ0) is 14.7. The number of benzene rings is 2. The molecule has 0 aliphatic heterocycles. The Morgan fingerprint density at radius 1 is 1.14 bits per heavy atom. The molecular weight excluding hydrogens is 278 g/mol. The van der Waals surface area contributed by atoms with Crippen LogP contribution in [-0.2, 0) is 0 Å². The molecule has 0 aliphatic carbocycles. The maximum absolute atomic E-state index is 9.43. The zero-order valence-electron chi connectivity index (χ0n) is 11.5. The number of rotatable bonds is 3. The van der Waals surface area contributed by atoms with Crippen molar-refractivity contribution in [3.8, 4) is 11.8 Å². The fourth-order valence-electron chi connectivity index (χ4n) is 2.22. The lowest BCUT2D eigenvalue weighted by Crippen LogP contribution is -1.85. The molecule has 0 atom stereocenters. The highest BCUT2D eigenvalue weighted by Crippen LogP contribution is 2.29. The van der Waals surface area contributed by atoms with Crippen molar-refractivity contribution in [2.45, 2.75) is 0 Å². The second-order valence-electron chi connectivity index (χ2n) is 4.59. The van der Waals surface area contributed by atoms with E-state index in [0.29, 0.717) is 5.57 Å². The van der Waals surface area contributed by atoms with Gasteiger partial charge in [-0.1, -0.05) is 18.2 Å². The third-order valence-corrected chi connectivity index (χ3v) is 4.31. The van der Waals surface area contributed by atoms with Crippen molar-refractivity contribution in [2.24, 2.45) is 0 Å². The van der Waals surface area contributed by atoms with Crippen LogP contribution in [0.25, 0.3) is 21.7 Å². The van der Waals surface area contributed by atoms with Gasteiger partial charge in [0.25, 0.3) is 0 Å². The van der Waals surface area contributed by atoms with E-state index in [0.717, 1.165) is 16.9 Å². The minimum Gasteiger partial charge on any atom is -0.497 e. The fraction of sp³-hybridized carbons (Fsp3) is 0.0556. The van der Waals surface area contributed by atoms with Crippen molar-refractivity contribution in [1.29, 1.82) is 5.26 Å². The Balaban J connectivity index is 2.04. The van der Waals surface area contributed by atoms with Crippen LogP contribution in [0.2, 0.25) is 0 Å². The maximum atomic E-state index is 9.43. The smallest absolute Gasteiger partial charge is 0.118 e. The van der Waals surface area contributed by atoms with E-state index in [-0.39, 0.29) is 0 Å². The van der Waals surface area contributed by atoms with Crippen molar-refractivity contribution < 1.29 is 4.74 Å². The molecule has 102 valence electrons. The number of fused-ring (bicyclic) bond motifs is 1. The Kier molecular flexibility index (Phi) is 3.72. The van der Waals surface area contributed by atoms with Gasteiger partial charge in [-0.3, -0.25) is 0 Å². The van der Waals surface area contributed by atoms with Crippen LogP contribution in [0.4, 0.5) is 0 Å². The average Bonchev–Trinajstić information content (AvgIpc) is 2.96. The van der Waals surface area contributed by atoms with Gasteiger partial charge in [0.15, 0.2) is 0 Å². The SMILES string of the molecule is COc1ccc(/C(C#N)=C/c2csc3ccccc23)cc1. The molecule has 21 heavy (non-hydrogen) atoms. The van der Waals surface area contributed by atoms with Crippen molar-refractivity contribution in [3.63, 3.8) is 0 Å². The number of methoxy groups -OCH3 is 1. The van der Waals surface area contributed by atoms with Gasteiger partial charge in [0, 0.05) is 4.70 Å². The number of thiophene rings is 1. The van der Waals surface area contributed by atoms with Crippen molar-refractivity contribution in [2.75, 3.05) is 7.11 Å². The van der Waals surface area contributed by atoms with Gasteiger partial charge in [0.1, 0.15) is 5.75 Å². The first-order chi connectivity index (χ1) is 10.3. The number of nitrogens with zero attached hydrogens (tertiary/aromatic N) is 1. The summed E-state index contributed by atoms with van der Waals surface area (Å²) < 4.78 is 6.38. The maximum Gasteiger partial charge on any atom is 0.118 e. The molecule has 3 heteroatoms. The summed E-state index contributed by atoms with van der Waals surface area (Å²) in [4.78, 5) is 0. The summed E-state index contributed by atoms with van der Waals surface area (Å²) in [5, 5.41) is 12.7. The molecular formula is C18H13NOS. The van der Waals surface area contributed by atoms with Crippen LogP contribution in [0.5, 0.6) is 5.75 Å². The predicted octanol–water partition coefficient (Wildman–Crippen LogP) is 4.97. The summed E-state index contributed by atoms with van der Waals surface area (Å²) >= 11 is 1.69. The minimum atomic E-state index is 0.654. The first-order valence-electron chi connectivity index (χ1n) is 6.54. The first-order valence-corrected chi connectivity index (χ1v) is 7.42. The Labute approximate surface area is 127 Å². The summed E-state index contributed by atoms with van der Waals surface area (Å²) in [7, 11) is 1.63. The highest BCUT2D eigenvalue weighted by Gasteiger charge is 2.05. The molecule has 0 amide bonds. The summed E-state index contributed by atoms with van der Waals surface area (Å²) in [6, 6.07) is 18.1. The van der Waals surface area contributed by atoms with Gasteiger partial charge in [-0.15, -0.1) is 11.3 Å².